The third kappa shape index (κ3) is 5.09. The number of halogens is 2. The van der Waals surface area contributed by atoms with Crippen LogP contribution in [0.4, 0.5) is 17.3 Å². The van der Waals surface area contributed by atoms with Crippen LogP contribution in [0.15, 0.2) is 42.5 Å². The number of esters is 1. The van der Waals surface area contributed by atoms with Gasteiger partial charge in [0.2, 0.25) is 16.5 Å². The van der Waals surface area contributed by atoms with Crippen LogP contribution in [0.2, 0.25) is 10.6 Å². The SMILES string of the molecule is COC(=O)c1cc(NC(=O)c2ccc(Nc3nc(Cl)nc(Cl)n3)cc2)ccc1O. The van der Waals surface area contributed by atoms with E-state index in [1.807, 2.05) is 0 Å². The van der Waals surface area contributed by atoms with Crippen LogP contribution < -0.4 is 10.6 Å². The van der Waals surface area contributed by atoms with Crippen molar-refractivity contribution in [1.82, 2.24) is 15.0 Å². The number of carbonyl (C=O) groups excluding carboxylic acids is 2. The molecular weight excluding hydrogens is 421 g/mol. The first kappa shape index (κ1) is 20.3. The summed E-state index contributed by atoms with van der Waals surface area (Å²) in [4.78, 5) is 35.5. The topological polar surface area (TPSA) is 126 Å². The Bertz CT molecular complexity index is 1060. The molecule has 0 saturated heterocycles. The van der Waals surface area contributed by atoms with Crippen molar-refractivity contribution in [3.63, 3.8) is 0 Å². The smallest absolute Gasteiger partial charge is 0.341 e. The van der Waals surface area contributed by atoms with Gasteiger partial charge in [-0.2, -0.15) is 15.0 Å². The predicted molar refractivity (Wildman–Crippen MR) is 107 cm³/mol. The minimum Gasteiger partial charge on any atom is -0.507 e. The second-order valence-corrected chi connectivity index (χ2v) is 6.25. The monoisotopic (exact) mass is 433 g/mol. The number of benzene rings is 2. The average Bonchev–Trinajstić information content (AvgIpc) is 2.68. The van der Waals surface area contributed by atoms with Crippen molar-refractivity contribution in [3.8, 4) is 5.75 Å². The molecule has 11 heteroatoms. The molecule has 2 aromatic carbocycles. The molecular formula is C18H13Cl2N5O4. The van der Waals surface area contributed by atoms with Gasteiger partial charge in [0.05, 0.1) is 7.11 Å². The van der Waals surface area contributed by atoms with E-state index in [2.05, 4.69) is 30.3 Å². The van der Waals surface area contributed by atoms with Crippen molar-refractivity contribution >= 4 is 52.4 Å². The lowest BCUT2D eigenvalue weighted by Gasteiger charge is -2.09. The molecule has 1 aromatic heterocycles. The Morgan fingerprint density at radius 3 is 2.21 bits per heavy atom. The summed E-state index contributed by atoms with van der Waals surface area (Å²) in [7, 11) is 1.20. The number of phenolic OH excluding ortho intramolecular Hbond substituents is 1. The van der Waals surface area contributed by atoms with Crippen LogP contribution in [0.1, 0.15) is 20.7 Å². The van der Waals surface area contributed by atoms with Gasteiger partial charge in [0, 0.05) is 16.9 Å². The maximum atomic E-state index is 12.4. The molecule has 0 unspecified atom stereocenters. The first-order valence-electron chi connectivity index (χ1n) is 8.02. The van der Waals surface area contributed by atoms with E-state index >= 15 is 0 Å². The number of hydrogen-bond acceptors (Lipinski definition) is 8. The second-order valence-electron chi connectivity index (χ2n) is 5.58. The number of amides is 1. The van der Waals surface area contributed by atoms with Gasteiger partial charge in [-0.1, -0.05) is 0 Å². The fraction of sp³-hybridized carbons (Fsp3) is 0.0556. The highest BCUT2D eigenvalue weighted by Crippen LogP contribution is 2.23. The fourth-order valence-corrected chi connectivity index (χ4v) is 2.67. The first-order chi connectivity index (χ1) is 13.9. The predicted octanol–water partition coefficient (Wildman–Crippen LogP) is 3.67. The average molecular weight is 434 g/mol. The lowest BCUT2D eigenvalue weighted by atomic mass is 10.1. The van der Waals surface area contributed by atoms with E-state index in [1.165, 1.54) is 25.3 Å². The molecule has 0 spiro atoms. The number of aromatic hydroxyl groups is 1. The molecule has 1 amide bonds. The highest BCUT2D eigenvalue weighted by atomic mass is 35.5. The van der Waals surface area contributed by atoms with Crippen molar-refractivity contribution in [2.24, 2.45) is 0 Å². The maximum Gasteiger partial charge on any atom is 0.341 e. The zero-order valence-electron chi connectivity index (χ0n) is 14.8. The molecule has 0 atom stereocenters. The minimum atomic E-state index is -0.715. The number of methoxy groups -OCH3 is 1. The van der Waals surface area contributed by atoms with Crippen molar-refractivity contribution in [1.29, 1.82) is 0 Å². The highest BCUT2D eigenvalue weighted by Gasteiger charge is 2.14. The van der Waals surface area contributed by atoms with Gasteiger partial charge in [0.15, 0.2) is 0 Å². The van der Waals surface area contributed by atoms with Crippen LogP contribution in [0.5, 0.6) is 5.75 Å². The van der Waals surface area contributed by atoms with Crippen molar-refractivity contribution in [2.45, 2.75) is 0 Å². The molecule has 29 heavy (non-hydrogen) atoms. The van der Waals surface area contributed by atoms with Gasteiger partial charge in [-0.25, -0.2) is 4.79 Å². The van der Waals surface area contributed by atoms with Gasteiger partial charge >= 0.3 is 5.97 Å². The molecule has 3 aromatic rings. The lowest BCUT2D eigenvalue weighted by molar-refractivity contribution is 0.0597. The molecule has 0 radical (unpaired) electrons. The van der Waals surface area contributed by atoms with Crippen LogP contribution in [0, 0.1) is 0 Å². The summed E-state index contributed by atoms with van der Waals surface area (Å²) in [5, 5.41) is 15.2. The van der Waals surface area contributed by atoms with Gasteiger partial charge in [-0.05, 0) is 65.7 Å². The number of nitrogens with one attached hydrogen (secondary N) is 2. The lowest BCUT2D eigenvalue weighted by Crippen LogP contribution is -2.12. The number of anilines is 3. The zero-order chi connectivity index (χ0) is 21.0. The number of phenols is 1. The Labute approximate surface area is 174 Å². The van der Waals surface area contributed by atoms with Crippen LogP contribution >= 0.6 is 23.2 Å². The van der Waals surface area contributed by atoms with Crippen LogP contribution in [-0.4, -0.2) is 39.0 Å². The third-order valence-electron chi connectivity index (χ3n) is 3.64. The quantitative estimate of drug-likeness (QED) is 0.410. The summed E-state index contributed by atoms with van der Waals surface area (Å²) in [5.74, 6) is -1.22. The summed E-state index contributed by atoms with van der Waals surface area (Å²) in [5.41, 5.74) is 1.22. The molecule has 1 heterocycles. The van der Waals surface area contributed by atoms with Crippen molar-refractivity contribution in [2.75, 3.05) is 17.7 Å². The minimum absolute atomic E-state index is 0.0521. The summed E-state index contributed by atoms with van der Waals surface area (Å²) >= 11 is 11.5. The molecule has 9 nitrogen and oxygen atoms in total. The third-order valence-corrected chi connectivity index (χ3v) is 3.98. The van der Waals surface area contributed by atoms with Gasteiger partial charge < -0.3 is 20.5 Å². The molecule has 148 valence electrons. The van der Waals surface area contributed by atoms with Crippen molar-refractivity contribution < 1.29 is 19.4 Å². The first-order valence-corrected chi connectivity index (χ1v) is 8.78. The molecule has 0 bridgehead atoms. The van der Waals surface area contributed by atoms with E-state index in [9.17, 15) is 14.7 Å². The van der Waals surface area contributed by atoms with E-state index in [0.29, 0.717) is 16.9 Å². The van der Waals surface area contributed by atoms with Gasteiger partial charge in [0.1, 0.15) is 11.3 Å². The zero-order valence-corrected chi connectivity index (χ0v) is 16.3. The fourth-order valence-electron chi connectivity index (χ4n) is 2.31. The summed E-state index contributed by atoms with van der Waals surface area (Å²) < 4.78 is 4.59. The van der Waals surface area contributed by atoms with Gasteiger partial charge in [-0.15, -0.1) is 0 Å². The molecule has 3 rings (SSSR count). The summed E-state index contributed by atoms with van der Waals surface area (Å²) in [6, 6.07) is 10.5. The standard InChI is InChI=1S/C18H13Cl2N5O4/c1-29-15(28)12-8-11(6-7-13(12)26)21-14(27)9-2-4-10(5-3-9)22-18-24-16(19)23-17(20)25-18/h2-8,26H,1H3,(H,21,27)(H,22,23,24,25). The number of hydrogen-bond donors (Lipinski definition) is 3. The molecule has 0 saturated carbocycles. The Kier molecular flexibility index (Phi) is 6.10. The number of ether oxygens (including phenoxy) is 1. The van der Waals surface area contributed by atoms with E-state index in [-0.39, 0.29) is 27.8 Å². The van der Waals surface area contributed by atoms with Gasteiger partial charge in [-0.3, -0.25) is 4.79 Å². The number of rotatable bonds is 5. The van der Waals surface area contributed by atoms with Crippen LogP contribution in [0.25, 0.3) is 0 Å². The highest BCUT2D eigenvalue weighted by molar-refractivity contribution is 6.31. The van der Waals surface area contributed by atoms with E-state index in [4.69, 9.17) is 23.2 Å². The molecule has 0 aliphatic carbocycles. The Morgan fingerprint density at radius 2 is 1.59 bits per heavy atom. The van der Waals surface area contributed by atoms with E-state index in [0.717, 1.165) is 0 Å². The molecule has 0 aliphatic rings. The number of nitrogens with zero attached hydrogens (tertiary/aromatic N) is 3. The summed E-state index contributed by atoms with van der Waals surface area (Å²) in [6.07, 6.45) is 0. The van der Waals surface area contributed by atoms with E-state index in [1.54, 1.807) is 24.3 Å². The summed E-state index contributed by atoms with van der Waals surface area (Å²) in [6.45, 7) is 0. The second kappa shape index (κ2) is 8.72. The van der Waals surface area contributed by atoms with Crippen LogP contribution in [0.3, 0.4) is 0 Å². The largest absolute Gasteiger partial charge is 0.507 e. The molecule has 3 N–H and O–H groups in total. The number of carbonyl (C=O) groups is 2. The Balaban J connectivity index is 1.71. The number of aromatic nitrogens is 3. The Hall–Kier alpha value is -3.43. The Morgan fingerprint density at radius 1 is 0.966 bits per heavy atom. The van der Waals surface area contributed by atoms with Crippen molar-refractivity contribution in [3.05, 3.63) is 64.2 Å². The molecule has 0 fully saturated rings. The normalized spacial score (nSPS) is 10.3. The molecule has 0 aliphatic heterocycles. The maximum absolute atomic E-state index is 12.4. The van der Waals surface area contributed by atoms with Gasteiger partial charge in [0.25, 0.3) is 5.91 Å². The van der Waals surface area contributed by atoms with E-state index < -0.39 is 11.9 Å². The van der Waals surface area contributed by atoms with Crippen LogP contribution in [-0.2, 0) is 4.74 Å².